The maximum absolute atomic E-state index is 6.33. The number of rotatable bonds is 6. The van der Waals surface area contributed by atoms with E-state index < -0.39 is 0 Å². The van der Waals surface area contributed by atoms with Gasteiger partial charge in [-0.1, -0.05) is 133 Å². The predicted octanol–water partition coefficient (Wildman–Crippen LogP) is 15.2. The average Bonchev–Trinajstić information content (AvgIpc) is 4.03. The van der Waals surface area contributed by atoms with E-state index in [-0.39, 0.29) is 5.92 Å². The number of aromatic nitrogens is 4. The molecule has 5 nitrogen and oxygen atoms in total. The summed E-state index contributed by atoms with van der Waals surface area (Å²) in [5, 5.41) is 7.05. The third-order valence-corrected chi connectivity index (χ3v) is 12.9. The Kier molecular flexibility index (Phi) is 7.97. The summed E-state index contributed by atoms with van der Waals surface area (Å²) in [6.07, 6.45) is 7.76. The molecule has 296 valence electrons. The van der Waals surface area contributed by atoms with Gasteiger partial charge in [-0.15, -0.1) is 0 Å². The predicted molar refractivity (Wildman–Crippen MR) is 260 cm³/mol. The number of H-pyrrole nitrogens is 1. The normalized spacial score (nSPS) is 14.2. The molecule has 1 atom stereocenters. The molecule has 0 spiro atoms. The van der Waals surface area contributed by atoms with E-state index in [0.29, 0.717) is 5.82 Å². The highest BCUT2D eigenvalue weighted by Crippen LogP contribution is 2.43. The lowest BCUT2D eigenvalue weighted by Crippen LogP contribution is -2.04. The smallest absolute Gasteiger partial charge is 0.160 e. The first-order valence-electron chi connectivity index (χ1n) is 21.6. The van der Waals surface area contributed by atoms with Crippen LogP contribution in [0.5, 0.6) is 0 Å². The number of allylic oxidation sites excluding steroid dienone is 4. The van der Waals surface area contributed by atoms with Crippen LogP contribution in [-0.4, -0.2) is 19.5 Å². The molecule has 1 aliphatic carbocycles. The molecule has 1 unspecified atom stereocenters. The van der Waals surface area contributed by atoms with Crippen LogP contribution in [0.2, 0.25) is 0 Å². The van der Waals surface area contributed by atoms with Gasteiger partial charge in [0.05, 0.1) is 22.4 Å². The molecule has 4 heterocycles. The fourth-order valence-electron chi connectivity index (χ4n) is 9.98. The number of fused-ring (bicyclic) bond motifs is 9. The van der Waals surface area contributed by atoms with E-state index in [0.717, 1.165) is 72.9 Å². The number of benzene rings is 8. The molecule has 0 fully saturated rings. The second-order valence-electron chi connectivity index (χ2n) is 16.6. The van der Waals surface area contributed by atoms with Crippen molar-refractivity contribution in [2.75, 3.05) is 0 Å². The van der Waals surface area contributed by atoms with Crippen molar-refractivity contribution in [3.8, 4) is 39.6 Å². The molecule has 0 saturated heterocycles. The van der Waals surface area contributed by atoms with Crippen LogP contribution >= 0.6 is 0 Å². The second-order valence-corrected chi connectivity index (χ2v) is 16.6. The van der Waals surface area contributed by atoms with E-state index in [1.807, 2.05) is 30.3 Å². The molecule has 5 heteroatoms. The number of hydrogen-bond donors (Lipinski definition) is 1. The summed E-state index contributed by atoms with van der Waals surface area (Å²) < 4.78 is 8.72. The van der Waals surface area contributed by atoms with E-state index in [9.17, 15) is 0 Å². The zero-order chi connectivity index (χ0) is 41.4. The van der Waals surface area contributed by atoms with E-state index in [1.54, 1.807) is 0 Å². The molecule has 4 aromatic heterocycles. The van der Waals surface area contributed by atoms with Gasteiger partial charge >= 0.3 is 0 Å². The van der Waals surface area contributed by atoms with Gasteiger partial charge in [0.1, 0.15) is 11.2 Å². The zero-order valence-corrected chi connectivity index (χ0v) is 34.2. The first-order valence-corrected chi connectivity index (χ1v) is 21.6. The molecule has 0 bridgehead atoms. The van der Waals surface area contributed by atoms with Crippen LogP contribution in [0.1, 0.15) is 23.5 Å². The lowest BCUT2D eigenvalue weighted by molar-refractivity contribution is 0.669. The largest absolute Gasteiger partial charge is 0.456 e. The molecule has 0 amide bonds. The zero-order valence-electron chi connectivity index (χ0n) is 34.2. The van der Waals surface area contributed by atoms with Crippen molar-refractivity contribution in [3.05, 3.63) is 217 Å². The van der Waals surface area contributed by atoms with E-state index in [1.165, 1.54) is 49.6 Å². The van der Waals surface area contributed by atoms with Crippen LogP contribution in [0.15, 0.2) is 211 Å². The molecule has 13 rings (SSSR count). The van der Waals surface area contributed by atoms with Crippen molar-refractivity contribution in [2.24, 2.45) is 0 Å². The van der Waals surface area contributed by atoms with Gasteiger partial charge in [0.15, 0.2) is 5.82 Å². The van der Waals surface area contributed by atoms with Crippen LogP contribution in [0, 0.1) is 0 Å². The molecule has 8 aromatic carbocycles. The Balaban J connectivity index is 0.944. The van der Waals surface area contributed by atoms with Crippen LogP contribution in [0.3, 0.4) is 0 Å². The van der Waals surface area contributed by atoms with Crippen molar-refractivity contribution in [3.63, 3.8) is 0 Å². The SMILES string of the molecule is C1=CCC(c2ccc3c(c2)c2ccccc2n3-c2ccccc2)C(c2ccc3[nH]c4cccc(-c5cc(-c6ccc7c(c6)oc6ccccc67)nc(-c6ccccc6)n5)c4c3c2)=C1. The van der Waals surface area contributed by atoms with E-state index >= 15 is 0 Å². The summed E-state index contributed by atoms with van der Waals surface area (Å²) in [5.74, 6) is 0.874. The number of hydrogen-bond acceptors (Lipinski definition) is 3. The summed E-state index contributed by atoms with van der Waals surface area (Å²) in [7, 11) is 0. The van der Waals surface area contributed by atoms with Gasteiger partial charge < -0.3 is 14.0 Å². The van der Waals surface area contributed by atoms with E-state index in [2.05, 4.69) is 186 Å². The average molecular weight is 807 g/mol. The minimum absolute atomic E-state index is 0.197. The van der Waals surface area contributed by atoms with Gasteiger partial charge in [0.25, 0.3) is 0 Å². The maximum atomic E-state index is 6.33. The van der Waals surface area contributed by atoms with Gasteiger partial charge in [-0.2, -0.15) is 0 Å². The van der Waals surface area contributed by atoms with Crippen LogP contribution in [0.25, 0.3) is 111 Å². The Morgan fingerprint density at radius 3 is 2.17 bits per heavy atom. The van der Waals surface area contributed by atoms with Crippen LogP contribution in [0.4, 0.5) is 0 Å². The summed E-state index contributed by atoms with van der Waals surface area (Å²) in [4.78, 5) is 14.2. The first-order chi connectivity index (χ1) is 31.2. The van der Waals surface area contributed by atoms with Crippen molar-refractivity contribution >= 4 is 71.1 Å². The number of aromatic amines is 1. The van der Waals surface area contributed by atoms with Crippen LogP contribution in [-0.2, 0) is 0 Å². The summed E-state index contributed by atoms with van der Waals surface area (Å²) in [5.41, 5.74) is 16.0. The lowest BCUT2D eigenvalue weighted by atomic mass is 9.81. The van der Waals surface area contributed by atoms with E-state index in [4.69, 9.17) is 14.4 Å². The maximum Gasteiger partial charge on any atom is 0.160 e. The molecule has 0 saturated carbocycles. The molecule has 1 N–H and O–H groups in total. The fourth-order valence-corrected chi connectivity index (χ4v) is 9.98. The van der Waals surface area contributed by atoms with Crippen molar-refractivity contribution in [2.45, 2.75) is 12.3 Å². The van der Waals surface area contributed by atoms with Gasteiger partial charge in [0, 0.05) is 71.6 Å². The highest BCUT2D eigenvalue weighted by molar-refractivity contribution is 6.15. The quantitative estimate of drug-likeness (QED) is 0.182. The highest BCUT2D eigenvalue weighted by Gasteiger charge is 2.23. The van der Waals surface area contributed by atoms with Crippen molar-refractivity contribution in [1.29, 1.82) is 0 Å². The molecule has 12 aromatic rings. The molecule has 0 aliphatic heterocycles. The number of furan rings is 1. The number of nitrogens with zero attached hydrogens (tertiary/aromatic N) is 3. The van der Waals surface area contributed by atoms with Gasteiger partial charge in [-0.3, -0.25) is 0 Å². The Bertz CT molecular complexity index is 3830. The third kappa shape index (κ3) is 5.78. The summed E-state index contributed by atoms with van der Waals surface area (Å²) >= 11 is 0. The third-order valence-electron chi connectivity index (χ3n) is 12.9. The second kappa shape index (κ2) is 14.2. The first kappa shape index (κ1) is 35.5. The Morgan fingerprint density at radius 1 is 0.508 bits per heavy atom. The molecule has 1 aliphatic rings. The Morgan fingerprint density at radius 2 is 1.27 bits per heavy atom. The minimum atomic E-state index is 0.197. The summed E-state index contributed by atoms with van der Waals surface area (Å²) in [6.45, 7) is 0. The molecular weight excluding hydrogens is 769 g/mol. The molecular formula is C58H38N4O. The van der Waals surface area contributed by atoms with Gasteiger partial charge in [-0.25, -0.2) is 9.97 Å². The highest BCUT2D eigenvalue weighted by atomic mass is 16.3. The Labute approximate surface area is 362 Å². The number of para-hydroxylation sites is 3. The molecule has 63 heavy (non-hydrogen) atoms. The van der Waals surface area contributed by atoms with Crippen LogP contribution < -0.4 is 0 Å². The van der Waals surface area contributed by atoms with Gasteiger partial charge in [-0.05, 0) is 95.9 Å². The monoisotopic (exact) mass is 806 g/mol. The van der Waals surface area contributed by atoms with Crippen molar-refractivity contribution < 1.29 is 4.42 Å². The molecule has 0 radical (unpaired) electrons. The topological polar surface area (TPSA) is 59.6 Å². The van der Waals surface area contributed by atoms with Crippen molar-refractivity contribution in [1.82, 2.24) is 19.5 Å². The van der Waals surface area contributed by atoms with Gasteiger partial charge in [0.2, 0.25) is 0 Å². The standard InChI is InChI=1S/C58H38N4O/c1-3-14-36(15-4-1)58-60-51(39-26-29-45-44-21-10-12-25-55(44)63-56(45)34-39)35-52(61-58)46-22-13-23-50-57(46)48-33-37(27-30-49(48)59-50)41-18-7-8-19-42(41)38-28-31-54-47(32-38)43-20-9-11-24-53(43)62(54)40-16-5-2-6-17-40/h1-18,20-35,42,59H,19H2. The Hall–Kier alpha value is -8.28. The lowest BCUT2D eigenvalue weighted by Gasteiger charge is -2.23. The minimum Gasteiger partial charge on any atom is -0.456 e. The summed E-state index contributed by atoms with van der Waals surface area (Å²) in [6, 6.07) is 66.9. The number of nitrogens with one attached hydrogen (secondary N) is 1. The fraction of sp³-hybridized carbons (Fsp3) is 0.0345.